The van der Waals surface area contributed by atoms with E-state index in [9.17, 15) is 19.5 Å². The maximum Gasteiger partial charge on any atom is 0.260 e. The number of methoxy groups -OCH3 is 1. The lowest BCUT2D eigenvalue weighted by Crippen LogP contribution is -2.53. The SMILES string of the molecule is COc1cc(O)ccc1C1C2=CCC3C(=O)N(c4ccc(Nc5ccccc5)cc4)C(=O)C3C2CC2C(=O)N(Nc3ccc(C)cc3)C(=O)C21c1ccccc1. The van der Waals surface area contributed by atoms with E-state index in [-0.39, 0.29) is 30.4 Å². The predicted molar refractivity (Wildman–Crippen MR) is 212 cm³/mol. The Bertz CT molecular complexity index is 2400. The molecule has 2 saturated heterocycles. The second-order valence-corrected chi connectivity index (χ2v) is 15.1. The van der Waals surface area contributed by atoms with Crippen molar-refractivity contribution >= 4 is 46.4 Å². The molecule has 6 atom stereocenters. The Labute approximate surface area is 324 Å². The number of phenolic OH excluding ortho intramolecular Hbond substituents is 1. The molecule has 2 aliphatic heterocycles. The number of rotatable bonds is 8. The molecule has 3 N–H and O–H groups in total. The Morgan fingerprint density at radius 2 is 1.39 bits per heavy atom. The van der Waals surface area contributed by atoms with Gasteiger partial charge in [0.25, 0.3) is 11.8 Å². The zero-order valence-corrected chi connectivity index (χ0v) is 30.9. The Hall–Kier alpha value is -6.68. The minimum absolute atomic E-state index is 0.0188. The van der Waals surface area contributed by atoms with E-state index in [1.165, 1.54) is 18.1 Å². The first-order valence-electron chi connectivity index (χ1n) is 18.8. The number of amides is 4. The number of aryl methyl sites for hydroxylation is 1. The Kier molecular flexibility index (Phi) is 8.49. The van der Waals surface area contributed by atoms with Crippen LogP contribution in [0.4, 0.5) is 22.7 Å². The third-order valence-electron chi connectivity index (χ3n) is 12.1. The van der Waals surface area contributed by atoms with Crippen LogP contribution in [0.5, 0.6) is 11.5 Å². The molecule has 5 aromatic carbocycles. The maximum atomic E-state index is 15.4. The number of benzene rings is 5. The fraction of sp³-hybridized carbons (Fsp3) is 0.217. The monoisotopic (exact) mass is 744 g/mol. The van der Waals surface area contributed by atoms with Crippen LogP contribution in [0, 0.1) is 30.6 Å². The fourth-order valence-corrected chi connectivity index (χ4v) is 9.67. The van der Waals surface area contributed by atoms with Crippen molar-refractivity contribution in [1.29, 1.82) is 0 Å². The van der Waals surface area contributed by atoms with Crippen LogP contribution in [0.25, 0.3) is 0 Å². The average Bonchev–Trinajstić information content (AvgIpc) is 3.60. The number of phenols is 1. The van der Waals surface area contributed by atoms with Crippen LogP contribution in [-0.2, 0) is 24.6 Å². The van der Waals surface area contributed by atoms with Gasteiger partial charge in [-0.1, -0.05) is 83.9 Å². The smallest absolute Gasteiger partial charge is 0.260 e. The van der Waals surface area contributed by atoms with Gasteiger partial charge < -0.3 is 15.2 Å². The lowest BCUT2D eigenvalue weighted by atomic mass is 9.49. The number of fused-ring (bicyclic) bond motifs is 4. The van der Waals surface area contributed by atoms with Gasteiger partial charge in [-0.05, 0) is 85.8 Å². The summed E-state index contributed by atoms with van der Waals surface area (Å²) in [6, 6.07) is 38.5. The molecule has 2 heterocycles. The van der Waals surface area contributed by atoms with Gasteiger partial charge in [0.1, 0.15) is 11.5 Å². The number of para-hydroxylation sites is 1. The average molecular weight is 745 g/mol. The standard InChI is InChI=1S/C46H40N4O6/c1-27-13-15-31(16-14-27)48-50-43(53)38-26-37-34(41(35-22-21-33(51)25-39(35)56-2)46(38,45(50)55)28-9-5-3-6-10-28)23-24-36-40(37)44(54)49(42(36)52)32-19-17-30(18-20-32)47-29-11-7-4-8-12-29/h3-23,25,36-38,40-41,47-48,51H,24,26H2,1-2H3. The Balaban J connectivity index is 1.16. The highest BCUT2D eigenvalue weighted by Gasteiger charge is 2.70. The second kappa shape index (κ2) is 13.6. The molecular formula is C46H40N4O6. The van der Waals surface area contributed by atoms with Gasteiger partial charge in [0.2, 0.25) is 11.8 Å². The number of carbonyl (C=O) groups is 4. The van der Waals surface area contributed by atoms with Gasteiger partial charge in [0, 0.05) is 28.9 Å². The van der Waals surface area contributed by atoms with E-state index in [1.54, 1.807) is 24.3 Å². The van der Waals surface area contributed by atoms with Crippen LogP contribution in [-0.4, -0.2) is 40.9 Å². The van der Waals surface area contributed by atoms with E-state index < -0.39 is 46.8 Å². The third-order valence-corrected chi connectivity index (χ3v) is 12.1. The number of ether oxygens (including phenoxy) is 1. The first kappa shape index (κ1) is 35.0. The molecular weight excluding hydrogens is 705 g/mol. The zero-order valence-electron chi connectivity index (χ0n) is 30.9. The van der Waals surface area contributed by atoms with Crippen LogP contribution in [0.15, 0.2) is 139 Å². The van der Waals surface area contributed by atoms with Crippen LogP contribution in [0.2, 0.25) is 0 Å². The Morgan fingerprint density at radius 1 is 0.732 bits per heavy atom. The summed E-state index contributed by atoms with van der Waals surface area (Å²) in [4.78, 5) is 60.6. The van der Waals surface area contributed by atoms with Crippen LogP contribution >= 0.6 is 0 Å². The first-order chi connectivity index (χ1) is 27.2. The number of nitrogens with one attached hydrogen (secondary N) is 2. The van der Waals surface area contributed by atoms with Gasteiger partial charge in [-0.15, -0.1) is 0 Å². The van der Waals surface area contributed by atoms with E-state index in [0.29, 0.717) is 28.3 Å². The summed E-state index contributed by atoms with van der Waals surface area (Å²) in [7, 11) is 1.50. The summed E-state index contributed by atoms with van der Waals surface area (Å²) in [6.07, 6.45) is 2.46. The number of hydrogen-bond acceptors (Lipinski definition) is 8. The number of hydrazine groups is 1. The summed E-state index contributed by atoms with van der Waals surface area (Å²) in [6.45, 7) is 1.96. The minimum atomic E-state index is -1.46. The number of hydrogen-bond donors (Lipinski definition) is 3. The van der Waals surface area contributed by atoms with Gasteiger partial charge >= 0.3 is 0 Å². The lowest BCUT2D eigenvalue weighted by molar-refractivity contribution is -0.138. The summed E-state index contributed by atoms with van der Waals surface area (Å²) in [5.74, 6) is -4.78. The predicted octanol–water partition coefficient (Wildman–Crippen LogP) is 7.64. The van der Waals surface area contributed by atoms with E-state index in [4.69, 9.17) is 4.74 Å². The molecule has 10 heteroatoms. The molecule has 4 amide bonds. The molecule has 56 heavy (non-hydrogen) atoms. The topological polar surface area (TPSA) is 128 Å². The molecule has 5 aromatic rings. The molecule has 9 rings (SSSR count). The largest absolute Gasteiger partial charge is 0.508 e. The summed E-state index contributed by atoms with van der Waals surface area (Å²) in [5, 5.41) is 15.1. The normalized spacial score (nSPS) is 25.3. The van der Waals surface area contributed by atoms with E-state index in [1.807, 2.05) is 110 Å². The molecule has 0 radical (unpaired) electrons. The molecule has 280 valence electrons. The molecule has 10 nitrogen and oxygen atoms in total. The summed E-state index contributed by atoms with van der Waals surface area (Å²) >= 11 is 0. The highest BCUT2D eigenvalue weighted by atomic mass is 16.5. The number of allylic oxidation sites excluding steroid dienone is 2. The fourth-order valence-electron chi connectivity index (χ4n) is 9.67. The van der Waals surface area contributed by atoms with Crippen molar-refractivity contribution < 1.29 is 29.0 Å². The molecule has 4 aliphatic rings. The van der Waals surface area contributed by atoms with Crippen LogP contribution < -0.4 is 20.4 Å². The number of nitrogens with zero attached hydrogens (tertiary/aromatic N) is 2. The highest BCUT2D eigenvalue weighted by Crippen LogP contribution is 2.65. The van der Waals surface area contributed by atoms with Crippen molar-refractivity contribution in [3.8, 4) is 11.5 Å². The number of aromatic hydroxyl groups is 1. The summed E-state index contributed by atoms with van der Waals surface area (Å²) in [5.41, 5.74) is 7.52. The molecule has 3 fully saturated rings. The highest BCUT2D eigenvalue weighted by molar-refractivity contribution is 6.22. The molecule has 2 aliphatic carbocycles. The number of carbonyl (C=O) groups excluding carboxylic acids is 4. The van der Waals surface area contributed by atoms with E-state index >= 15 is 4.79 Å². The van der Waals surface area contributed by atoms with Gasteiger partial charge in [-0.3, -0.25) is 29.5 Å². The lowest BCUT2D eigenvalue weighted by Gasteiger charge is -2.50. The molecule has 0 spiro atoms. The Morgan fingerprint density at radius 3 is 2.09 bits per heavy atom. The van der Waals surface area contributed by atoms with Gasteiger partial charge in [-0.2, -0.15) is 5.01 Å². The molecule has 0 bridgehead atoms. The van der Waals surface area contributed by atoms with E-state index in [2.05, 4.69) is 10.7 Å². The van der Waals surface area contributed by atoms with Crippen molar-refractivity contribution in [2.45, 2.75) is 31.1 Å². The van der Waals surface area contributed by atoms with Gasteiger partial charge in [0.15, 0.2) is 0 Å². The maximum absolute atomic E-state index is 15.4. The minimum Gasteiger partial charge on any atom is -0.508 e. The van der Waals surface area contributed by atoms with Crippen LogP contribution in [0.3, 0.4) is 0 Å². The third kappa shape index (κ3) is 5.38. The van der Waals surface area contributed by atoms with Crippen molar-refractivity contribution in [3.63, 3.8) is 0 Å². The number of imide groups is 2. The molecule has 0 aromatic heterocycles. The van der Waals surface area contributed by atoms with Crippen molar-refractivity contribution in [2.75, 3.05) is 22.8 Å². The quantitative estimate of drug-likeness (QED) is 0.109. The zero-order chi connectivity index (χ0) is 38.7. The van der Waals surface area contributed by atoms with Crippen molar-refractivity contribution in [3.05, 3.63) is 156 Å². The molecule has 6 unspecified atom stereocenters. The first-order valence-corrected chi connectivity index (χ1v) is 18.8. The van der Waals surface area contributed by atoms with E-state index in [0.717, 1.165) is 27.5 Å². The van der Waals surface area contributed by atoms with Gasteiger partial charge in [0.05, 0.1) is 41.7 Å². The molecule has 1 saturated carbocycles. The van der Waals surface area contributed by atoms with Crippen molar-refractivity contribution in [2.24, 2.45) is 23.7 Å². The van der Waals surface area contributed by atoms with Crippen LogP contribution in [0.1, 0.15) is 35.4 Å². The van der Waals surface area contributed by atoms with Crippen molar-refractivity contribution in [1.82, 2.24) is 5.01 Å². The van der Waals surface area contributed by atoms with Gasteiger partial charge in [-0.25, -0.2) is 0 Å². The number of anilines is 4. The second-order valence-electron chi connectivity index (χ2n) is 15.1. The summed E-state index contributed by atoms with van der Waals surface area (Å²) < 4.78 is 5.88.